The number of ether oxygens (including phenoxy) is 1. The van der Waals surface area contributed by atoms with Gasteiger partial charge in [-0.15, -0.1) is 0 Å². The minimum atomic E-state index is 0.230. The van der Waals surface area contributed by atoms with E-state index in [2.05, 4.69) is 21.9 Å². The molecule has 100 valence electrons. The summed E-state index contributed by atoms with van der Waals surface area (Å²) in [5.41, 5.74) is 0.907. The van der Waals surface area contributed by atoms with Crippen molar-refractivity contribution >= 4 is 11.6 Å². The molecule has 2 heterocycles. The van der Waals surface area contributed by atoms with E-state index in [9.17, 15) is 0 Å². The Bertz CT molecular complexity index is 592. The first kappa shape index (κ1) is 12.4. The zero-order valence-electron chi connectivity index (χ0n) is 10.9. The molecule has 2 aromatic rings. The average Bonchev–Trinajstić information content (AvgIpc) is 2.76. The monoisotopic (exact) mass is 278 g/mol. The summed E-state index contributed by atoms with van der Waals surface area (Å²) < 4.78 is 7.50. The minimum absolute atomic E-state index is 0.230. The lowest BCUT2D eigenvalue weighted by Gasteiger charge is -2.31. The third kappa shape index (κ3) is 2.56. The number of aryl methyl sites for hydroxylation is 1. The van der Waals surface area contributed by atoms with Crippen LogP contribution in [-0.2, 0) is 0 Å². The minimum Gasteiger partial charge on any atom is -0.460 e. The second kappa shape index (κ2) is 4.81. The summed E-state index contributed by atoms with van der Waals surface area (Å²) in [5, 5.41) is 0.478. The van der Waals surface area contributed by atoms with Crippen LogP contribution in [0.15, 0.2) is 18.7 Å². The van der Waals surface area contributed by atoms with Crippen molar-refractivity contribution < 1.29 is 4.74 Å². The third-order valence-electron chi connectivity index (χ3n) is 3.26. The van der Waals surface area contributed by atoms with Crippen molar-refractivity contribution in [1.29, 1.82) is 0 Å². The van der Waals surface area contributed by atoms with Gasteiger partial charge < -0.3 is 4.74 Å². The van der Waals surface area contributed by atoms with E-state index in [1.807, 2.05) is 13.1 Å². The van der Waals surface area contributed by atoms with E-state index >= 15 is 0 Å². The highest BCUT2D eigenvalue weighted by atomic mass is 35.5. The smallest absolute Gasteiger partial charge is 0.318 e. The summed E-state index contributed by atoms with van der Waals surface area (Å²) in [6.45, 7) is 4.13. The van der Waals surface area contributed by atoms with Crippen LogP contribution in [0.5, 0.6) is 6.01 Å². The van der Waals surface area contributed by atoms with Gasteiger partial charge in [-0.25, -0.2) is 9.97 Å². The molecule has 0 aromatic carbocycles. The predicted molar refractivity (Wildman–Crippen MR) is 71.7 cm³/mol. The lowest BCUT2D eigenvalue weighted by atomic mass is 9.84. The molecule has 0 aliphatic heterocycles. The number of imidazole rings is 1. The zero-order chi connectivity index (χ0) is 13.4. The molecular formula is C13H15ClN4O. The van der Waals surface area contributed by atoms with Crippen LogP contribution in [0.1, 0.15) is 25.5 Å². The summed E-state index contributed by atoms with van der Waals surface area (Å²) in [5.74, 6) is 1.33. The highest BCUT2D eigenvalue weighted by Gasteiger charge is 2.28. The zero-order valence-corrected chi connectivity index (χ0v) is 11.6. The first-order valence-electron chi connectivity index (χ1n) is 6.32. The molecule has 0 amide bonds. The fourth-order valence-electron chi connectivity index (χ4n) is 2.19. The highest BCUT2D eigenvalue weighted by molar-refractivity contribution is 6.32. The fraction of sp³-hybridized carbons (Fsp3) is 0.462. The molecule has 0 unspecified atom stereocenters. The Balaban J connectivity index is 1.83. The van der Waals surface area contributed by atoms with E-state index in [1.165, 1.54) is 0 Å². The van der Waals surface area contributed by atoms with Crippen molar-refractivity contribution in [2.24, 2.45) is 5.92 Å². The summed E-state index contributed by atoms with van der Waals surface area (Å²) in [6.07, 6.45) is 7.46. The van der Waals surface area contributed by atoms with Crippen molar-refractivity contribution in [3.8, 4) is 11.8 Å². The lowest BCUT2D eigenvalue weighted by Crippen LogP contribution is -2.32. The Kier molecular flexibility index (Phi) is 3.14. The molecule has 0 atom stereocenters. The first-order chi connectivity index (χ1) is 9.11. The SMILES string of the molecule is Cc1cn(-c2nc(OC3CC(C)C3)ncc2Cl)cn1. The third-order valence-corrected chi connectivity index (χ3v) is 3.53. The lowest BCUT2D eigenvalue weighted by molar-refractivity contribution is 0.0648. The van der Waals surface area contributed by atoms with Crippen molar-refractivity contribution in [2.75, 3.05) is 0 Å². The molecule has 0 bridgehead atoms. The molecule has 0 saturated heterocycles. The van der Waals surface area contributed by atoms with Gasteiger partial charge in [0.15, 0.2) is 5.82 Å². The summed E-state index contributed by atoms with van der Waals surface area (Å²) >= 11 is 6.12. The van der Waals surface area contributed by atoms with Gasteiger partial charge in [-0.1, -0.05) is 18.5 Å². The van der Waals surface area contributed by atoms with Crippen molar-refractivity contribution in [3.05, 3.63) is 29.4 Å². The van der Waals surface area contributed by atoms with Crippen LogP contribution < -0.4 is 4.74 Å². The Morgan fingerprint density at radius 1 is 1.37 bits per heavy atom. The maximum atomic E-state index is 6.12. The topological polar surface area (TPSA) is 52.8 Å². The van der Waals surface area contributed by atoms with E-state index in [4.69, 9.17) is 16.3 Å². The number of aromatic nitrogens is 4. The molecule has 1 aliphatic carbocycles. The molecule has 6 heteroatoms. The second-order valence-electron chi connectivity index (χ2n) is 5.06. The number of halogens is 1. The van der Waals surface area contributed by atoms with Gasteiger partial charge in [0.2, 0.25) is 0 Å². The summed E-state index contributed by atoms with van der Waals surface area (Å²) in [6, 6.07) is 0.377. The maximum Gasteiger partial charge on any atom is 0.318 e. The van der Waals surface area contributed by atoms with Crippen LogP contribution in [0.4, 0.5) is 0 Å². The van der Waals surface area contributed by atoms with Gasteiger partial charge in [-0.05, 0) is 25.7 Å². The number of hydrogen-bond donors (Lipinski definition) is 0. The van der Waals surface area contributed by atoms with Crippen molar-refractivity contribution in [3.63, 3.8) is 0 Å². The van der Waals surface area contributed by atoms with Gasteiger partial charge in [0.1, 0.15) is 17.5 Å². The Labute approximate surface area is 116 Å². The Morgan fingerprint density at radius 2 is 2.16 bits per heavy atom. The van der Waals surface area contributed by atoms with E-state index in [-0.39, 0.29) is 6.10 Å². The van der Waals surface area contributed by atoms with Gasteiger partial charge >= 0.3 is 6.01 Å². The molecule has 1 saturated carbocycles. The van der Waals surface area contributed by atoms with Gasteiger partial charge in [0.05, 0.1) is 11.9 Å². The van der Waals surface area contributed by atoms with E-state index in [0.717, 1.165) is 24.5 Å². The molecule has 1 aliphatic rings. The molecule has 0 N–H and O–H groups in total. The van der Waals surface area contributed by atoms with Gasteiger partial charge in [0.25, 0.3) is 0 Å². The van der Waals surface area contributed by atoms with Crippen LogP contribution in [0.2, 0.25) is 5.02 Å². The van der Waals surface area contributed by atoms with Crippen LogP contribution >= 0.6 is 11.6 Å². The maximum absolute atomic E-state index is 6.12. The van der Waals surface area contributed by atoms with Crippen molar-refractivity contribution in [1.82, 2.24) is 19.5 Å². The molecular weight excluding hydrogens is 264 g/mol. The normalized spacial score (nSPS) is 22.1. The summed E-state index contributed by atoms with van der Waals surface area (Å²) in [4.78, 5) is 12.6. The van der Waals surface area contributed by atoms with Gasteiger partial charge in [-0.3, -0.25) is 4.57 Å². The number of hydrogen-bond acceptors (Lipinski definition) is 4. The molecule has 0 spiro atoms. The standard InChI is InChI=1S/C13H15ClN4O/c1-8-3-10(4-8)19-13-15-5-11(14)12(17-13)18-6-9(2)16-7-18/h5-8,10H,3-4H2,1-2H3. The number of rotatable bonds is 3. The molecule has 1 fully saturated rings. The molecule has 19 heavy (non-hydrogen) atoms. The quantitative estimate of drug-likeness (QED) is 0.866. The average molecular weight is 279 g/mol. The van der Waals surface area contributed by atoms with Crippen LogP contribution in [0.25, 0.3) is 5.82 Å². The highest BCUT2D eigenvalue weighted by Crippen LogP contribution is 2.30. The van der Waals surface area contributed by atoms with Crippen LogP contribution in [0.3, 0.4) is 0 Å². The van der Waals surface area contributed by atoms with Crippen LogP contribution in [-0.4, -0.2) is 25.6 Å². The first-order valence-corrected chi connectivity index (χ1v) is 6.70. The molecule has 2 aromatic heterocycles. The second-order valence-corrected chi connectivity index (χ2v) is 5.47. The largest absolute Gasteiger partial charge is 0.460 e. The Morgan fingerprint density at radius 3 is 2.79 bits per heavy atom. The van der Waals surface area contributed by atoms with Gasteiger partial charge in [-0.2, -0.15) is 4.98 Å². The summed E-state index contributed by atoms with van der Waals surface area (Å²) in [7, 11) is 0. The number of nitrogens with zero attached hydrogens (tertiary/aromatic N) is 4. The van der Waals surface area contributed by atoms with Crippen LogP contribution in [0, 0.1) is 12.8 Å². The Hall–Kier alpha value is -1.62. The molecule has 5 nitrogen and oxygen atoms in total. The van der Waals surface area contributed by atoms with E-state index in [0.29, 0.717) is 16.9 Å². The van der Waals surface area contributed by atoms with E-state index < -0.39 is 0 Å². The molecule has 0 radical (unpaired) electrons. The fourth-order valence-corrected chi connectivity index (χ4v) is 2.38. The predicted octanol–water partition coefficient (Wildman–Crippen LogP) is 2.80. The van der Waals surface area contributed by atoms with E-state index in [1.54, 1.807) is 17.1 Å². The van der Waals surface area contributed by atoms with Crippen molar-refractivity contribution in [2.45, 2.75) is 32.8 Å². The van der Waals surface area contributed by atoms with Gasteiger partial charge in [0, 0.05) is 6.20 Å². The molecule has 3 rings (SSSR count).